The van der Waals surface area contributed by atoms with E-state index in [9.17, 15) is 18.0 Å². The number of hydrogen-bond donors (Lipinski definition) is 1. The van der Waals surface area contributed by atoms with Gasteiger partial charge in [0.05, 0.1) is 16.6 Å². The number of hydrogen-bond acceptors (Lipinski definition) is 2. The largest absolute Gasteiger partial charge is 0.417 e. The summed E-state index contributed by atoms with van der Waals surface area (Å²) >= 11 is 2.96. The van der Waals surface area contributed by atoms with Gasteiger partial charge in [0.2, 0.25) is 0 Å². The number of alkyl halides is 3. The first kappa shape index (κ1) is 15.7. The summed E-state index contributed by atoms with van der Waals surface area (Å²) in [5, 5.41) is 7.63. The Bertz CT molecular complexity index is 934. The van der Waals surface area contributed by atoms with Crippen LogP contribution in [0.25, 0.3) is 10.8 Å². The van der Waals surface area contributed by atoms with Crippen molar-refractivity contribution in [3.05, 3.63) is 74.1 Å². The lowest BCUT2D eigenvalue weighted by Gasteiger charge is -2.11. The quantitative estimate of drug-likeness (QED) is 0.718. The van der Waals surface area contributed by atoms with Gasteiger partial charge in [0.1, 0.15) is 0 Å². The Morgan fingerprint density at radius 1 is 1.09 bits per heavy atom. The average molecular weight is 383 g/mol. The van der Waals surface area contributed by atoms with E-state index in [2.05, 4.69) is 26.1 Å². The maximum Gasteiger partial charge on any atom is 0.417 e. The minimum absolute atomic E-state index is 0.0174. The fourth-order valence-corrected chi connectivity index (χ4v) is 3.05. The van der Waals surface area contributed by atoms with E-state index in [0.29, 0.717) is 28.5 Å². The standard InChI is InChI=1S/C16H10BrF3N2O/c17-13-7-9(5-6-12(13)16(18,19)20)8-14-10-3-1-2-4-11(10)15(23)22-21-14/h1-7H,8H2,(H,22,23). The first-order chi connectivity index (χ1) is 10.9. The second-order valence-corrected chi connectivity index (χ2v) is 5.89. The summed E-state index contributed by atoms with van der Waals surface area (Å²) < 4.78 is 38.3. The van der Waals surface area contributed by atoms with Gasteiger partial charge < -0.3 is 0 Å². The zero-order valence-electron chi connectivity index (χ0n) is 11.6. The van der Waals surface area contributed by atoms with Crippen LogP contribution < -0.4 is 5.56 Å². The Kier molecular flexibility index (Phi) is 3.97. The molecule has 1 N–H and O–H groups in total. The number of nitrogens with one attached hydrogen (secondary N) is 1. The van der Waals surface area contributed by atoms with Gasteiger partial charge in [0, 0.05) is 16.3 Å². The van der Waals surface area contributed by atoms with Crippen molar-refractivity contribution in [2.24, 2.45) is 0 Å². The number of benzene rings is 2. The molecule has 0 bridgehead atoms. The topological polar surface area (TPSA) is 45.8 Å². The molecule has 1 heterocycles. The first-order valence-electron chi connectivity index (χ1n) is 6.68. The third-order valence-corrected chi connectivity index (χ3v) is 4.14. The van der Waals surface area contributed by atoms with Crippen LogP contribution in [0.4, 0.5) is 13.2 Å². The Balaban J connectivity index is 2.02. The Morgan fingerprint density at radius 2 is 1.78 bits per heavy atom. The SMILES string of the molecule is O=c1[nH]nc(Cc2ccc(C(F)(F)F)c(Br)c2)c2ccccc12. The summed E-state index contributed by atoms with van der Waals surface area (Å²) in [6.45, 7) is 0. The van der Waals surface area contributed by atoms with Gasteiger partial charge in [-0.25, -0.2) is 5.10 Å². The fraction of sp³-hybridized carbons (Fsp3) is 0.125. The van der Waals surface area contributed by atoms with Gasteiger partial charge in [-0.3, -0.25) is 4.79 Å². The van der Waals surface area contributed by atoms with E-state index in [4.69, 9.17) is 0 Å². The minimum atomic E-state index is -4.40. The Labute approximate surface area is 137 Å². The molecule has 0 saturated heterocycles. The molecular weight excluding hydrogens is 373 g/mol. The van der Waals surface area contributed by atoms with Crippen LogP contribution in [0.15, 0.2) is 51.7 Å². The molecule has 2 aromatic carbocycles. The number of aromatic nitrogens is 2. The van der Waals surface area contributed by atoms with Crippen LogP contribution in [0.5, 0.6) is 0 Å². The molecule has 0 fully saturated rings. The van der Waals surface area contributed by atoms with Gasteiger partial charge in [0.25, 0.3) is 5.56 Å². The highest BCUT2D eigenvalue weighted by Gasteiger charge is 2.32. The van der Waals surface area contributed by atoms with Crippen molar-refractivity contribution in [1.82, 2.24) is 10.2 Å². The highest BCUT2D eigenvalue weighted by molar-refractivity contribution is 9.10. The van der Waals surface area contributed by atoms with Crippen LogP contribution in [0, 0.1) is 0 Å². The molecule has 0 aliphatic carbocycles. The summed E-state index contributed by atoms with van der Waals surface area (Å²) in [7, 11) is 0. The van der Waals surface area contributed by atoms with Gasteiger partial charge in [-0.1, -0.05) is 40.2 Å². The van der Waals surface area contributed by atoms with Crippen molar-refractivity contribution in [3.63, 3.8) is 0 Å². The molecule has 0 radical (unpaired) electrons. The van der Waals surface area contributed by atoms with Gasteiger partial charge in [-0.05, 0) is 23.8 Å². The van der Waals surface area contributed by atoms with Crippen LogP contribution in [0.3, 0.4) is 0 Å². The van der Waals surface area contributed by atoms with Gasteiger partial charge in [0.15, 0.2) is 0 Å². The Morgan fingerprint density at radius 3 is 2.43 bits per heavy atom. The van der Waals surface area contributed by atoms with E-state index in [1.54, 1.807) is 24.3 Å². The van der Waals surface area contributed by atoms with Crippen molar-refractivity contribution in [2.75, 3.05) is 0 Å². The molecule has 23 heavy (non-hydrogen) atoms. The Hall–Kier alpha value is -2.15. The van der Waals surface area contributed by atoms with E-state index < -0.39 is 11.7 Å². The van der Waals surface area contributed by atoms with Crippen molar-refractivity contribution < 1.29 is 13.2 Å². The summed E-state index contributed by atoms with van der Waals surface area (Å²) in [4.78, 5) is 11.7. The highest BCUT2D eigenvalue weighted by atomic mass is 79.9. The lowest BCUT2D eigenvalue weighted by Crippen LogP contribution is -2.11. The minimum Gasteiger partial charge on any atom is -0.267 e. The predicted octanol–water partition coefficient (Wildman–Crippen LogP) is 4.30. The normalized spacial score (nSPS) is 11.8. The number of fused-ring (bicyclic) bond motifs is 1. The van der Waals surface area contributed by atoms with Crippen molar-refractivity contribution in [1.29, 1.82) is 0 Å². The summed E-state index contributed by atoms with van der Waals surface area (Å²) in [6, 6.07) is 10.9. The first-order valence-corrected chi connectivity index (χ1v) is 7.47. The van der Waals surface area contributed by atoms with E-state index in [-0.39, 0.29) is 10.0 Å². The van der Waals surface area contributed by atoms with Gasteiger partial charge >= 0.3 is 6.18 Å². The third-order valence-electron chi connectivity index (χ3n) is 3.49. The molecule has 118 valence electrons. The third kappa shape index (κ3) is 3.14. The van der Waals surface area contributed by atoms with E-state index in [1.165, 1.54) is 12.1 Å². The molecule has 0 saturated carbocycles. The predicted molar refractivity (Wildman–Crippen MR) is 84.3 cm³/mol. The molecule has 0 unspecified atom stereocenters. The van der Waals surface area contributed by atoms with E-state index >= 15 is 0 Å². The van der Waals surface area contributed by atoms with Crippen molar-refractivity contribution in [2.45, 2.75) is 12.6 Å². The van der Waals surface area contributed by atoms with Crippen molar-refractivity contribution in [3.8, 4) is 0 Å². The van der Waals surface area contributed by atoms with E-state index in [0.717, 1.165) is 6.07 Å². The number of halogens is 4. The summed E-state index contributed by atoms with van der Waals surface area (Å²) in [6.07, 6.45) is -4.09. The van der Waals surface area contributed by atoms with Gasteiger partial charge in [-0.2, -0.15) is 18.3 Å². The monoisotopic (exact) mass is 382 g/mol. The van der Waals surface area contributed by atoms with Crippen molar-refractivity contribution >= 4 is 26.7 Å². The fourth-order valence-electron chi connectivity index (χ4n) is 2.40. The van der Waals surface area contributed by atoms with Gasteiger partial charge in [-0.15, -0.1) is 0 Å². The van der Waals surface area contributed by atoms with Crippen LogP contribution in [-0.4, -0.2) is 10.2 Å². The molecule has 3 nitrogen and oxygen atoms in total. The molecule has 1 aromatic heterocycles. The molecule has 0 spiro atoms. The zero-order chi connectivity index (χ0) is 16.6. The molecule has 0 amide bonds. The molecule has 3 aromatic rings. The number of aromatic amines is 1. The van der Waals surface area contributed by atoms with E-state index in [1.807, 2.05) is 0 Å². The highest BCUT2D eigenvalue weighted by Crippen LogP contribution is 2.35. The number of H-pyrrole nitrogens is 1. The molecule has 0 atom stereocenters. The second kappa shape index (κ2) is 5.81. The maximum atomic E-state index is 12.8. The number of nitrogens with zero attached hydrogens (tertiary/aromatic N) is 1. The lowest BCUT2D eigenvalue weighted by molar-refractivity contribution is -0.138. The maximum absolute atomic E-state index is 12.8. The molecule has 3 rings (SSSR count). The smallest absolute Gasteiger partial charge is 0.267 e. The lowest BCUT2D eigenvalue weighted by atomic mass is 10.0. The average Bonchev–Trinajstić information content (AvgIpc) is 2.49. The zero-order valence-corrected chi connectivity index (χ0v) is 13.2. The summed E-state index contributed by atoms with van der Waals surface area (Å²) in [5.74, 6) is 0. The van der Waals surface area contributed by atoms with Crippen LogP contribution >= 0.6 is 15.9 Å². The van der Waals surface area contributed by atoms with Crippen LogP contribution in [0.2, 0.25) is 0 Å². The van der Waals surface area contributed by atoms with Crippen LogP contribution in [0.1, 0.15) is 16.8 Å². The summed E-state index contributed by atoms with van der Waals surface area (Å²) in [5.41, 5.74) is 0.250. The molecule has 7 heteroatoms. The number of rotatable bonds is 2. The molecule has 0 aliphatic rings. The van der Waals surface area contributed by atoms with Crippen LogP contribution in [-0.2, 0) is 12.6 Å². The second-order valence-electron chi connectivity index (χ2n) is 5.03. The molecule has 0 aliphatic heterocycles. The molecular formula is C16H10BrF3N2O.